The average Bonchev–Trinajstić information content (AvgIpc) is 3.02. The van der Waals surface area contributed by atoms with Crippen LogP contribution in [0.1, 0.15) is 12.2 Å². The molecule has 0 aliphatic heterocycles. The number of aromatic nitrogens is 2. The Kier molecular flexibility index (Phi) is 5.89. The summed E-state index contributed by atoms with van der Waals surface area (Å²) in [4.78, 5) is 16.5. The maximum absolute atomic E-state index is 11.9. The highest BCUT2D eigenvalue weighted by Gasteiger charge is 2.09. The number of hydrogen-bond acceptors (Lipinski definition) is 3. The number of terminal acetylenes is 1. The summed E-state index contributed by atoms with van der Waals surface area (Å²) in [6.45, 7) is 1.07. The first-order chi connectivity index (χ1) is 12.8. The molecule has 0 aliphatic rings. The number of ether oxygens (including phenoxy) is 1. The van der Waals surface area contributed by atoms with Crippen molar-refractivity contribution in [2.45, 2.75) is 19.4 Å². The molecule has 0 atom stereocenters. The number of nitrogens with one attached hydrogen (secondary N) is 1. The molecule has 1 aromatic heterocycles. The van der Waals surface area contributed by atoms with Gasteiger partial charge >= 0.3 is 0 Å². The molecule has 26 heavy (non-hydrogen) atoms. The molecule has 5 heteroatoms. The zero-order valence-electron chi connectivity index (χ0n) is 14.5. The van der Waals surface area contributed by atoms with Gasteiger partial charge in [-0.2, -0.15) is 0 Å². The molecule has 0 saturated carbocycles. The molecule has 1 N–H and O–H groups in total. The van der Waals surface area contributed by atoms with Crippen molar-refractivity contribution in [1.29, 1.82) is 0 Å². The largest absolute Gasteiger partial charge is 0.484 e. The highest BCUT2D eigenvalue weighted by molar-refractivity contribution is 5.77. The van der Waals surface area contributed by atoms with Crippen LogP contribution in [0.4, 0.5) is 0 Å². The monoisotopic (exact) mass is 347 g/mol. The van der Waals surface area contributed by atoms with Crippen LogP contribution in [0.25, 0.3) is 11.0 Å². The zero-order chi connectivity index (χ0) is 18.2. The molecule has 0 saturated heterocycles. The average molecular weight is 347 g/mol. The summed E-state index contributed by atoms with van der Waals surface area (Å²) in [6.07, 6.45) is 7.01. The summed E-state index contributed by atoms with van der Waals surface area (Å²) in [5, 5.41) is 2.87. The number of para-hydroxylation sites is 3. The normalized spacial score (nSPS) is 10.4. The molecule has 0 radical (unpaired) electrons. The van der Waals surface area contributed by atoms with E-state index in [1.54, 1.807) is 0 Å². The van der Waals surface area contributed by atoms with Crippen LogP contribution < -0.4 is 10.1 Å². The van der Waals surface area contributed by atoms with Crippen molar-refractivity contribution in [3.8, 4) is 18.1 Å². The first-order valence-electron chi connectivity index (χ1n) is 8.60. The van der Waals surface area contributed by atoms with Crippen molar-refractivity contribution in [1.82, 2.24) is 14.9 Å². The molecule has 0 bridgehead atoms. The maximum Gasteiger partial charge on any atom is 0.257 e. The standard InChI is InChI=1S/C21H21N3O2/c1-2-15-24-19-12-7-6-11-18(19)23-20(24)13-8-14-22-21(25)16-26-17-9-4-3-5-10-17/h1,3-7,9-12H,8,13-16H2,(H,22,25). The molecule has 0 unspecified atom stereocenters. The lowest BCUT2D eigenvalue weighted by Gasteiger charge is -2.08. The predicted molar refractivity (Wildman–Crippen MR) is 102 cm³/mol. The van der Waals surface area contributed by atoms with Crippen LogP contribution in [0.15, 0.2) is 54.6 Å². The molecule has 0 fully saturated rings. The van der Waals surface area contributed by atoms with Crippen molar-refractivity contribution in [3.05, 3.63) is 60.4 Å². The number of benzene rings is 2. The summed E-state index contributed by atoms with van der Waals surface area (Å²) < 4.78 is 7.47. The molecule has 3 rings (SSSR count). The molecule has 0 spiro atoms. The SMILES string of the molecule is C#CCn1c(CCCNC(=O)COc2ccccc2)nc2ccccc21. The summed E-state index contributed by atoms with van der Waals surface area (Å²) in [5.74, 6) is 4.18. The predicted octanol–water partition coefficient (Wildman–Crippen LogP) is 2.80. The third kappa shape index (κ3) is 4.42. The van der Waals surface area contributed by atoms with E-state index >= 15 is 0 Å². The van der Waals surface area contributed by atoms with Crippen LogP contribution in [0, 0.1) is 12.3 Å². The quantitative estimate of drug-likeness (QED) is 0.504. The third-order valence-electron chi connectivity index (χ3n) is 4.00. The van der Waals surface area contributed by atoms with Crippen molar-refractivity contribution >= 4 is 16.9 Å². The molecule has 1 heterocycles. The van der Waals surface area contributed by atoms with E-state index in [1.807, 2.05) is 54.6 Å². The van der Waals surface area contributed by atoms with Gasteiger partial charge in [-0.25, -0.2) is 4.98 Å². The van der Waals surface area contributed by atoms with E-state index in [-0.39, 0.29) is 12.5 Å². The fourth-order valence-corrected chi connectivity index (χ4v) is 2.77. The number of nitrogens with zero attached hydrogens (tertiary/aromatic N) is 2. The number of imidazole rings is 1. The van der Waals surface area contributed by atoms with Crippen LogP contribution in [0.5, 0.6) is 5.75 Å². The zero-order valence-corrected chi connectivity index (χ0v) is 14.5. The summed E-state index contributed by atoms with van der Waals surface area (Å²) in [5.41, 5.74) is 1.98. The van der Waals surface area contributed by atoms with E-state index in [0.717, 1.165) is 29.7 Å². The van der Waals surface area contributed by atoms with Crippen molar-refractivity contribution in [3.63, 3.8) is 0 Å². The Hall–Kier alpha value is -3.26. The fraction of sp³-hybridized carbons (Fsp3) is 0.238. The minimum absolute atomic E-state index is 0.0135. The molecule has 1 amide bonds. The van der Waals surface area contributed by atoms with E-state index in [9.17, 15) is 4.79 Å². The minimum Gasteiger partial charge on any atom is -0.484 e. The maximum atomic E-state index is 11.9. The van der Waals surface area contributed by atoms with Crippen LogP contribution in [0.3, 0.4) is 0 Å². The Balaban J connectivity index is 1.47. The van der Waals surface area contributed by atoms with Gasteiger partial charge < -0.3 is 14.6 Å². The topological polar surface area (TPSA) is 56.2 Å². The van der Waals surface area contributed by atoms with Gasteiger partial charge in [0.25, 0.3) is 5.91 Å². The van der Waals surface area contributed by atoms with Gasteiger partial charge in [-0.15, -0.1) is 6.42 Å². The number of aryl methyl sites for hydroxylation is 1. The molecule has 0 aliphatic carbocycles. The summed E-state index contributed by atoms with van der Waals surface area (Å²) in [6, 6.07) is 17.2. The van der Waals surface area contributed by atoms with E-state index in [2.05, 4.69) is 20.8 Å². The van der Waals surface area contributed by atoms with Gasteiger partial charge in [0.2, 0.25) is 0 Å². The van der Waals surface area contributed by atoms with Crippen LogP contribution in [0.2, 0.25) is 0 Å². The van der Waals surface area contributed by atoms with Gasteiger partial charge in [0.1, 0.15) is 11.6 Å². The Bertz CT molecular complexity index is 910. The summed E-state index contributed by atoms with van der Waals surface area (Å²) >= 11 is 0. The Morgan fingerprint density at radius 3 is 2.73 bits per heavy atom. The van der Waals surface area contributed by atoms with E-state index in [1.165, 1.54) is 0 Å². The first-order valence-corrected chi connectivity index (χ1v) is 8.60. The Morgan fingerprint density at radius 2 is 1.92 bits per heavy atom. The second-order valence-electron chi connectivity index (χ2n) is 5.86. The molecular formula is C21H21N3O2. The number of hydrogen-bond donors (Lipinski definition) is 1. The number of carbonyl (C=O) groups is 1. The lowest BCUT2D eigenvalue weighted by molar-refractivity contribution is -0.123. The van der Waals surface area contributed by atoms with Gasteiger partial charge in [-0.1, -0.05) is 36.3 Å². The van der Waals surface area contributed by atoms with Gasteiger partial charge in [-0.05, 0) is 30.7 Å². The molecule has 132 valence electrons. The van der Waals surface area contributed by atoms with Crippen LogP contribution >= 0.6 is 0 Å². The minimum atomic E-state index is -0.133. The highest BCUT2D eigenvalue weighted by atomic mass is 16.5. The lowest BCUT2D eigenvalue weighted by Crippen LogP contribution is -2.30. The second kappa shape index (κ2) is 8.72. The van der Waals surface area contributed by atoms with Gasteiger partial charge in [0.15, 0.2) is 6.61 Å². The number of amides is 1. The Morgan fingerprint density at radius 1 is 1.15 bits per heavy atom. The van der Waals surface area contributed by atoms with E-state index in [4.69, 9.17) is 11.2 Å². The van der Waals surface area contributed by atoms with Gasteiger partial charge in [0, 0.05) is 13.0 Å². The smallest absolute Gasteiger partial charge is 0.257 e. The third-order valence-corrected chi connectivity index (χ3v) is 4.00. The van der Waals surface area contributed by atoms with Crippen molar-refractivity contribution in [2.75, 3.05) is 13.2 Å². The highest BCUT2D eigenvalue weighted by Crippen LogP contribution is 2.16. The van der Waals surface area contributed by atoms with Crippen molar-refractivity contribution in [2.24, 2.45) is 0 Å². The second-order valence-corrected chi connectivity index (χ2v) is 5.86. The van der Waals surface area contributed by atoms with Crippen LogP contribution in [-0.4, -0.2) is 28.6 Å². The number of carbonyl (C=O) groups excluding carboxylic acids is 1. The first kappa shape index (κ1) is 17.6. The molecule has 3 aromatic rings. The van der Waals surface area contributed by atoms with Gasteiger partial charge in [-0.3, -0.25) is 4.79 Å². The van der Waals surface area contributed by atoms with Crippen molar-refractivity contribution < 1.29 is 9.53 Å². The molecular weight excluding hydrogens is 326 g/mol. The lowest BCUT2D eigenvalue weighted by atomic mass is 10.3. The summed E-state index contributed by atoms with van der Waals surface area (Å²) in [7, 11) is 0. The van der Waals surface area contributed by atoms with E-state index in [0.29, 0.717) is 18.8 Å². The molecule has 5 nitrogen and oxygen atoms in total. The van der Waals surface area contributed by atoms with Gasteiger partial charge in [0.05, 0.1) is 17.6 Å². The number of fused-ring (bicyclic) bond motifs is 1. The number of rotatable bonds is 8. The van der Waals surface area contributed by atoms with E-state index < -0.39 is 0 Å². The van der Waals surface area contributed by atoms with Crippen LogP contribution in [-0.2, 0) is 17.8 Å². The fourth-order valence-electron chi connectivity index (χ4n) is 2.77. The Labute approximate surface area is 153 Å². The molecule has 2 aromatic carbocycles.